The molecule has 3 heteroatoms. The molecule has 3 nitrogen and oxygen atoms in total. The summed E-state index contributed by atoms with van der Waals surface area (Å²) in [5.41, 5.74) is 4.57. The minimum Gasteiger partial charge on any atom is -0.454 e. The maximum absolute atomic E-state index is 6.28. The summed E-state index contributed by atoms with van der Waals surface area (Å²) in [6.45, 7) is 6.74. The standard InChI is InChI=1S/C20H24N2O/c1-14-10-11-17-16-8-4-5-9-18(16)23-20(17)19(14)22-13-7-6-12-21(3)15(22)2/h4-5,8-11,15H,6-7,12-13H2,1-3H3. The molecule has 23 heavy (non-hydrogen) atoms. The van der Waals surface area contributed by atoms with Gasteiger partial charge in [0, 0.05) is 17.3 Å². The Morgan fingerprint density at radius 1 is 1.00 bits per heavy atom. The molecule has 2 heterocycles. The Morgan fingerprint density at radius 2 is 1.78 bits per heavy atom. The van der Waals surface area contributed by atoms with Crippen molar-refractivity contribution in [1.29, 1.82) is 0 Å². The second-order valence-electron chi connectivity index (χ2n) is 6.72. The van der Waals surface area contributed by atoms with E-state index in [1.165, 1.54) is 34.9 Å². The van der Waals surface area contributed by atoms with Gasteiger partial charge in [-0.15, -0.1) is 0 Å². The Bertz CT molecular complexity index is 851. The lowest BCUT2D eigenvalue weighted by atomic mass is 10.1. The van der Waals surface area contributed by atoms with Gasteiger partial charge >= 0.3 is 0 Å². The summed E-state index contributed by atoms with van der Waals surface area (Å²) < 4.78 is 6.28. The third kappa shape index (κ3) is 2.31. The monoisotopic (exact) mass is 308 g/mol. The van der Waals surface area contributed by atoms with E-state index in [1.54, 1.807) is 0 Å². The summed E-state index contributed by atoms with van der Waals surface area (Å²) in [7, 11) is 2.22. The first-order valence-electron chi connectivity index (χ1n) is 8.54. The largest absolute Gasteiger partial charge is 0.454 e. The van der Waals surface area contributed by atoms with E-state index in [-0.39, 0.29) is 0 Å². The zero-order valence-corrected chi connectivity index (χ0v) is 14.2. The van der Waals surface area contributed by atoms with Crippen LogP contribution in [0.2, 0.25) is 0 Å². The fourth-order valence-electron chi connectivity index (χ4n) is 3.78. The second kappa shape index (κ2) is 5.57. The van der Waals surface area contributed by atoms with Gasteiger partial charge in [0.05, 0.1) is 11.9 Å². The number of benzene rings is 2. The first-order chi connectivity index (χ1) is 11.2. The van der Waals surface area contributed by atoms with Gasteiger partial charge in [-0.1, -0.05) is 30.3 Å². The van der Waals surface area contributed by atoms with Gasteiger partial charge in [0.2, 0.25) is 0 Å². The van der Waals surface area contributed by atoms with Crippen LogP contribution in [-0.2, 0) is 0 Å². The van der Waals surface area contributed by atoms with E-state index in [1.807, 2.05) is 6.07 Å². The zero-order valence-electron chi connectivity index (χ0n) is 14.2. The Kier molecular flexibility index (Phi) is 3.53. The zero-order chi connectivity index (χ0) is 16.0. The fraction of sp³-hybridized carbons (Fsp3) is 0.400. The molecule has 0 N–H and O–H groups in total. The molecule has 1 unspecified atom stereocenters. The first kappa shape index (κ1) is 14.6. The number of aryl methyl sites for hydroxylation is 1. The van der Waals surface area contributed by atoms with Crippen LogP contribution >= 0.6 is 0 Å². The number of para-hydroxylation sites is 1. The van der Waals surface area contributed by atoms with Gasteiger partial charge in [0.25, 0.3) is 0 Å². The van der Waals surface area contributed by atoms with Gasteiger partial charge in [0.15, 0.2) is 5.58 Å². The van der Waals surface area contributed by atoms with Crippen LogP contribution in [0.25, 0.3) is 21.9 Å². The van der Waals surface area contributed by atoms with Crippen molar-refractivity contribution >= 4 is 27.6 Å². The predicted octanol–water partition coefficient (Wildman–Crippen LogP) is 4.77. The van der Waals surface area contributed by atoms with Crippen molar-refractivity contribution in [1.82, 2.24) is 4.90 Å². The van der Waals surface area contributed by atoms with Crippen LogP contribution in [0.1, 0.15) is 25.3 Å². The lowest BCUT2D eigenvalue weighted by molar-refractivity contribution is 0.267. The van der Waals surface area contributed by atoms with Gasteiger partial charge in [-0.05, 0) is 51.9 Å². The molecule has 0 spiro atoms. The van der Waals surface area contributed by atoms with Crippen molar-refractivity contribution in [3.05, 3.63) is 42.0 Å². The number of rotatable bonds is 1. The minimum absolute atomic E-state index is 0.384. The molecule has 1 aromatic heterocycles. The topological polar surface area (TPSA) is 19.6 Å². The Morgan fingerprint density at radius 3 is 2.65 bits per heavy atom. The summed E-state index contributed by atoms with van der Waals surface area (Å²) in [4.78, 5) is 4.96. The van der Waals surface area contributed by atoms with Crippen LogP contribution in [-0.4, -0.2) is 31.2 Å². The summed E-state index contributed by atoms with van der Waals surface area (Å²) in [6.07, 6.45) is 2.87. The lowest BCUT2D eigenvalue weighted by Crippen LogP contribution is -2.43. The molecule has 0 bridgehead atoms. The molecule has 1 aliphatic rings. The first-order valence-corrected chi connectivity index (χ1v) is 8.54. The molecule has 1 saturated heterocycles. The van der Waals surface area contributed by atoms with Crippen molar-refractivity contribution in [2.24, 2.45) is 0 Å². The molecular formula is C20H24N2O. The molecule has 1 aliphatic heterocycles. The van der Waals surface area contributed by atoms with Crippen LogP contribution < -0.4 is 4.90 Å². The number of nitrogens with zero attached hydrogens (tertiary/aromatic N) is 2. The molecule has 120 valence electrons. The number of furan rings is 1. The molecule has 4 rings (SSSR count). The highest BCUT2D eigenvalue weighted by atomic mass is 16.3. The number of fused-ring (bicyclic) bond motifs is 3. The minimum atomic E-state index is 0.384. The molecule has 0 aliphatic carbocycles. The highest BCUT2D eigenvalue weighted by Crippen LogP contribution is 2.38. The summed E-state index contributed by atoms with van der Waals surface area (Å²) >= 11 is 0. The Labute approximate surface area is 137 Å². The van der Waals surface area contributed by atoms with Crippen LogP contribution in [0.3, 0.4) is 0 Å². The molecule has 0 amide bonds. The van der Waals surface area contributed by atoms with E-state index in [4.69, 9.17) is 4.42 Å². The van der Waals surface area contributed by atoms with Gasteiger partial charge in [-0.2, -0.15) is 0 Å². The second-order valence-corrected chi connectivity index (χ2v) is 6.72. The molecule has 1 atom stereocenters. The van der Waals surface area contributed by atoms with E-state index >= 15 is 0 Å². The van der Waals surface area contributed by atoms with E-state index in [2.05, 4.69) is 61.0 Å². The average molecular weight is 308 g/mol. The van der Waals surface area contributed by atoms with Crippen molar-refractivity contribution in [3.8, 4) is 0 Å². The number of hydrogen-bond donors (Lipinski definition) is 0. The highest BCUT2D eigenvalue weighted by Gasteiger charge is 2.25. The normalized spacial score (nSPS) is 20.3. The van der Waals surface area contributed by atoms with Crippen molar-refractivity contribution in [2.45, 2.75) is 32.9 Å². The quantitative estimate of drug-likeness (QED) is 0.645. The maximum Gasteiger partial charge on any atom is 0.159 e. The average Bonchev–Trinajstić information content (AvgIpc) is 2.85. The highest BCUT2D eigenvalue weighted by molar-refractivity contribution is 6.09. The third-order valence-electron chi connectivity index (χ3n) is 5.26. The summed E-state index contributed by atoms with van der Waals surface area (Å²) in [6, 6.07) is 12.8. The van der Waals surface area contributed by atoms with E-state index < -0.39 is 0 Å². The predicted molar refractivity (Wildman–Crippen MR) is 97.1 cm³/mol. The summed E-state index contributed by atoms with van der Waals surface area (Å²) in [5.74, 6) is 0. The molecule has 0 saturated carbocycles. The fourth-order valence-corrected chi connectivity index (χ4v) is 3.78. The Hall–Kier alpha value is -2.00. The molecule has 0 radical (unpaired) electrons. The molecular weight excluding hydrogens is 284 g/mol. The van der Waals surface area contributed by atoms with Crippen LogP contribution in [0.5, 0.6) is 0 Å². The van der Waals surface area contributed by atoms with E-state index in [0.29, 0.717) is 6.17 Å². The van der Waals surface area contributed by atoms with Gasteiger partial charge in [-0.25, -0.2) is 0 Å². The van der Waals surface area contributed by atoms with Crippen LogP contribution in [0, 0.1) is 6.92 Å². The third-order valence-corrected chi connectivity index (χ3v) is 5.26. The van der Waals surface area contributed by atoms with Crippen molar-refractivity contribution in [3.63, 3.8) is 0 Å². The molecule has 1 fully saturated rings. The van der Waals surface area contributed by atoms with Gasteiger partial charge in [0.1, 0.15) is 5.58 Å². The van der Waals surface area contributed by atoms with Crippen molar-refractivity contribution in [2.75, 3.05) is 25.0 Å². The van der Waals surface area contributed by atoms with Crippen molar-refractivity contribution < 1.29 is 4.42 Å². The maximum atomic E-state index is 6.28. The number of hydrogen-bond acceptors (Lipinski definition) is 3. The summed E-state index contributed by atoms with van der Waals surface area (Å²) in [5, 5.41) is 2.43. The molecule has 3 aromatic rings. The molecule has 2 aromatic carbocycles. The van der Waals surface area contributed by atoms with Gasteiger partial charge < -0.3 is 9.32 Å². The van der Waals surface area contributed by atoms with E-state index in [0.717, 1.165) is 24.3 Å². The SMILES string of the molecule is Cc1ccc2c(oc3ccccc32)c1N1CCCCN(C)C1C. The lowest BCUT2D eigenvalue weighted by Gasteiger charge is -2.35. The van der Waals surface area contributed by atoms with Crippen LogP contribution in [0.4, 0.5) is 5.69 Å². The van der Waals surface area contributed by atoms with Gasteiger partial charge in [-0.3, -0.25) is 4.90 Å². The number of anilines is 1. The van der Waals surface area contributed by atoms with Crippen LogP contribution in [0.15, 0.2) is 40.8 Å². The smallest absolute Gasteiger partial charge is 0.159 e. The van der Waals surface area contributed by atoms with E-state index in [9.17, 15) is 0 Å². The Balaban J connectivity index is 1.96.